The fraction of sp³-hybridized carbons (Fsp3) is 0.421. The second-order valence-electron chi connectivity index (χ2n) is 13.9. The first kappa shape index (κ1) is 34.2. The summed E-state index contributed by atoms with van der Waals surface area (Å²) in [6, 6.07) is 8.80. The minimum absolute atomic E-state index is 0.0927. The Kier molecular flexibility index (Phi) is 9.47. The maximum atomic E-state index is 12.8. The number of nitrogens with one attached hydrogen (secondary N) is 2. The number of aryl methyl sites for hydroxylation is 1. The summed E-state index contributed by atoms with van der Waals surface area (Å²) in [6.07, 6.45) is 11.7. The SMILES string of the molecule is COc1cc(-c2cn(C)c(=O)c3cnccc23)cc(OC)c1CN1CCCC2(CCN(c3ccc(C(=O)NC4CCC(=O)NC4=O)nc3)CC2)C1. The summed E-state index contributed by atoms with van der Waals surface area (Å²) in [5.74, 6) is 0.251. The molecule has 1 atom stereocenters. The van der Waals surface area contributed by atoms with E-state index in [0.29, 0.717) is 11.9 Å². The van der Waals surface area contributed by atoms with Crippen LogP contribution in [-0.2, 0) is 23.2 Å². The molecule has 3 aromatic heterocycles. The van der Waals surface area contributed by atoms with Gasteiger partial charge in [-0.2, -0.15) is 0 Å². The molecule has 2 N–H and O–H groups in total. The number of carbonyl (C=O) groups excluding carboxylic acids is 3. The molecule has 7 rings (SSSR count). The Hall–Kier alpha value is -5.30. The summed E-state index contributed by atoms with van der Waals surface area (Å²) < 4.78 is 13.5. The predicted octanol–water partition coefficient (Wildman–Crippen LogP) is 3.43. The first-order chi connectivity index (χ1) is 24.7. The first-order valence-electron chi connectivity index (χ1n) is 17.4. The van der Waals surface area contributed by atoms with Gasteiger partial charge in [-0.05, 0) is 85.3 Å². The number of likely N-dealkylation sites (tertiary alicyclic amines) is 1. The van der Waals surface area contributed by atoms with Crippen LogP contribution >= 0.6 is 0 Å². The van der Waals surface area contributed by atoms with Gasteiger partial charge in [0.15, 0.2) is 0 Å². The molecule has 0 saturated carbocycles. The first-order valence-corrected chi connectivity index (χ1v) is 17.4. The molecular formula is C38H43N7O6. The third-order valence-electron chi connectivity index (χ3n) is 10.7. The maximum absolute atomic E-state index is 12.8. The molecule has 3 aliphatic heterocycles. The lowest BCUT2D eigenvalue weighted by Gasteiger charge is -2.48. The number of hydrogen-bond acceptors (Lipinski definition) is 10. The number of methoxy groups -OCH3 is 2. The Labute approximate surface area is 296 Å². The van der Waals surface area contributed by atoms with Crippen molar-refractivity contribution in [3.8, 4) is 22.6 Å². The van der Waals surface area contributed by atoms with Crippen LogP contribution in [0.3, 0.4) is 0 Å². The van der Waals surface area contributed by atoms with Crippen molar-refractivity contribution in [1.29, 1.82) is 0 Å². The number of benzene rings is 1. The van der Waals surface area contributed by atoms with Crippen LogP contribution < -0.4 is 30.6 Å². The molecule has 51 heavy (non-hydrogen) atoms. The summed E-state index contributed by atoms with van der Waals surface area (Å²) in [6.45, 7) is 4.45. The monoisotopic (exact) mass is 693 g/mol. The quantitative estimate of drug-likeness (QED) is 0.263. The lowest BCUT2D eigenvalue weighted by atomic mass is 9.72. The lowest BCUT2D eigenvalue weighted by Crippen LogP contribution is -2.52. The van der Waals surface area contributed by atoms with Crippen LogP contribution in [0.4, 0.5) is 5.69 Å². The molecule has 0 bridgehead atoms. The predicted molar refractivity (Wildman–Crippen MR) is 192 cm³/mol. The average Bonchev–Trinajstić information content (AvgIpc) is 3.15. The van der Waals surface area contributed by atoms with Crippen LogP contribution in [-0.4, -0.2) is 83.6 Å². The van der Waals surface area contributed by atoms with Crippen molar-refractivity contribution in [1.82, 2.24) is 30.1 Å². The van der Waals surface area contributed by atoms with Crippen LogP contribution in [0.2, 0.25) is 0 Å². The molecule has 1 unspecified atom stereocenters. The van der Waals surface area contributed by atoms with Crippen molar-refractivity contribution in [2.24, 2.45) is 12.5 Å². The summed E-state index contributed by atoms with van der Waals surface area (Å²) >= 11 is 0. The number of ether oxygens (including phenoxy) is 2. The van der Waals surface area contributed by atoms with Crippen LogP contribution in [0.25, 0.3) is 21.9 Å². The van der Waals surface area contributed by atoms with Crippen LogP contribution in [0.1, 0.15) is 54.6 Å². The van der Waals surface area contributed by atoms with E-state index < -0.39 is 17.9 Å². The van der Waals surface area contributed by atoms with E-state index in [2.05, 4.69) is 30.4 Å². The Balaban J connectivity index is 1.01. The number of fused-ring (bicyclic) bond motifs is 1. The minimum atomic E-state index is -0.739. The van der Waals surface area contributed by atoms with Crippen LogP contribution in [0, 0.1) is 5.41 Å². The number of pyridine rings is 3. The highest BCUT2D eigenvalue weighted by Crippen LogP contribution is 2.43. The number of imide groups is 1. The minimum Gasteiger partial charge on any atom is -0.496 e. The molecule has 4 aromatic rings. The third-order valence-corrected chi connectivity index (χ3v) is 10.7. The van der Waals surface area contributed by atoms with Crippen molar-refractivity contribution < 1.29 is 23.9 Å². The standard InChI is InChI=1S/C38H43N7O6/c1-43-21-28(26-9-13-39-20-27(26)37(43)49)24-17-32(50-2)29(33(18-24)51-3)22-44-14-4-10-38(23-44)11-15-45(16-12-38)25-5-6-30(40-19-25)35(47)41-31-7-8-34(46)42-36(31)48/h5-6,9,13,17-21,31H,4,7-8,10-12,14-16,22-23H2,1-3H3,(H,41,47)(H,42,46,48). The molecule has 13 heteroatoms. The number of nitrogens with zero attached hydrogens (tertiary/aromatic N) is 5. The van der Waals surface area contributed by atoms with Gasteiger partial charge in [0.05, 0.1) is 37.1 Å². The topological polar surface area (TPSA) is 148 Å². The number of hydrogen-bond donors (Lipinski definition) is 2. The zero-order valence-electron chi connectivity index (χ0n) is 29.2. The fourth-order valence-corrected chi connectivity index (χ4v) is 7.92. The van der Waals surface area contributed by atoms with Gasteiger partial charge in [-0.3, -0.25) is 34.4 Å². The summed E-state index contributed by atoms with van der Waals surface area (Å²) in [5, 5.41) is 6.34. The van der Waals surface area contributed by atoms with Gasteiger partial charge in [0, 0.05) is 63.8 Å². The zero-order chi connectivity index (χ0) is 35.7. The lowest BCUT2D eigenvalue weighted by molar-refractivity contribution is -0.134. The van der Waals surface area contributed by atoms with Crippen LogP contribution in [0.15, 0.2) is 59.9 Å². The Morgan fingerprint density at radius 1 is 1.00 bits per heavy atom. The number of rotatable bonds is 8. The van der Waals surface area contributed by atoms with E-state index >= 15 is 0 Å². The number of amides is 3. The van der Waals surface area contributed by atoms with Crippen molar-refractivity contribution in [2.45, 2.75) is 51.1 Å². The number of piperidine rings is 3. The van der Waals surface area contributed by atoms with Crippen LogP contribution in [0.5, 0.6) is 11.5 Å². The second-order valence-corrected chi connectivity index (χ2v) is 13.9. The van der Waals surface area contributed by atoms with E-state index in [0.717, 1.165) is 84.7 Å². The zero-order valence-corrected chi connectivity index (χ0v) is 29.2. The number of aromatic nitrogens is 3. The molecule has 266 valence electrons. The number of anilines is 1. The van der Waals surface area contributed by atoms with E-state index in [1.165, 1.54) is 6.42 Å². The highest BCUT2D eigenvalue weighted by Gasteiger charge is 2.39. The second kappa shape index (κ2) is 14.1. The molecular weight excluding hydrogens is 650 g/mol. The van der Waals surface area contributed by atoms with Crippen molar-refractivity contribution in [3.63, 3.8) is 0 Å². The Morgan fingerprint density at radius 3 is 2.45 bits per heavy atom. The molecule has 3 fully saturated rings. The number of carbonyl (C=O) groups is 3. The Morgan fingerprint density at radius 2 is 1.76 bits per heavy atom. The van der Waals surface area contributed by atoms with Gasteiger partial charge in [-0.1, -0.05) is 0 Å². The molecule has 6 heterocycles. The molecule has 3 saturated heterocycles. The third kappa shape index (κ3) is 6.90. The summed E-state index contributed by atoms with van der Waals surface area (Å²) in [7, 11) is 5.12. The molecule has 0 aliphatic carbocycles. The normalized spacial score (nSPS) is 19.2. The van der Waals surface area contributed by atoms with E-state index in [-0.39, 0.29) is 35.4 Å². The molecule has 13 nitrogen and oxygen atoms in total. The van der Waals surface area contributed by atoms with Gasteiger partial charge in [0.25, 0.3) is 11.5 Å². The summed E-state index contributed by atoms with van der Waals surface area (Å²) in [4.78, 5) is 62.4. The fourth-order valence-electron chi connectivity index (χ4n) is 7.92. The smallest absolute Gasteiger partial charge is 0.270 e. The van der Waals surface area contributed by atoms with Crippen molar-refractivity contribution in [3.05, 3.63) is 76.7 Å². The molecule has 3 amide bonds. The van der Waals surface area contributed by atoms with Gasteiger partial charge < -0.3 is 24.3 Å². The van der Waals surface area contributed by atoms with Crippen molar-refractivity contribution >= 4 is 34.2 Å². The van der Waals surface area contributed by atoms with E-state index in [1.807, 2.05) is 30.5 Å². The molecule has 3 aliphatic rings. The largest absolute Gasteiger partial charge is 0.496 e. The van der Waals surface area contributed by atoms with E-state index in [1.54, 1.807) is 50.5 Å². The summed E-state index contributed by atoms with van der Waals surface area (Å²) in [5.41, 5.74) is 4.12. The highest BCUT2D eigenvalue weighted by atomic mass is 16.5. The molecule has 1 aromatic carbocycles. The van der Waals surface area contributed by atoms with Gasteiger partial charge in [0.2, 0.25) is 11.8 Å². The molecule has 1 spiro atoms. The van der Waals surface area contributed by atoms with Gasteiger partial charge in [-0.15, -0.1) is 0 Å². The van der Waals surface area contributed by atoms with E-state index in [9.17, 15) is 19.2 Å². The average molecular weight is 694 g/mol. The van der Waals surface area contributed by atoms with E-state index in [4.69, 9.17) is 9.47 Å². The highest BCUT2D eigenvalue weighted by molar-refractivity contribution is 6.03. The Bertz CT molecular complexity index is 2010. The van der Waals surface area contributed by atoms with Gasteiger partial charge >= 0.3 is 0 Å². The van der Waals surface area contributed by atoms with Gasteiger partial charge in [-0.25, -0.2) is 4.98 Å². The molecule has 0 radical (unpaired) electrons. The van der Waals surface area contributed by atoms with Gasteiger partial charge in [0.1, 0.15) is 23.2 Å². The maximum Gasteiger partial charge on any atom is 0.270 e. The van der Waals surface area contributed by atoms with Crippen molar-refractivity contribution in [2.75, 3.05) is 45.3 Å².